The lowest BCUT2D eigenvalue weighted by Gasteiger charge is -1.73. The predicted molar refractivity (Wildman–Crippen MR) is 39.1 cm³/mol. The minimum absolute atomic E-state index is 1.13. The summed E-state index contributed by atoms with van der Waals surface area (Å²) in [6.45, 7) is 5.49. The van der Waals surface area contributed by atoms with Crippen LogP contribution in [0.25, 0.3) is 6.08 Å². The number of aryl methyl sites for hydroxylation is 1. The average Bonchev–Trinajstić information content (AvgIpc) is 2.17. The van der Waals surface area contributed by atoms with Crippen LogP contribution in [0.3, 0.4) is 0 Å². The molecule has 1 nitrogen and oxygen atoms in total. The molecule has 1 aromatic rings. The smallest absolute Gasteiger partial charge is 0.0121 e. The first-order valence-corrected chi connectivity index (χ1v) is 2.84. The molecular weight excluding hydrogens is 110 g/mol. The highest BCUT2D eigenvalue weighted by molar-refractivity contribution is 5.47. The van der Waals surface area contributed by atoms with Crippen molar-refractivity contribution >= 4 is 6.08 Å². The normalized spacial score (nSPS) is 8.56. The highest BCUT2D eigenvalue weighted by Crippen LogP contribution is 2.02. The molecule has 0 radical (unpaired) electrons. The molecule has 9 heavy (non-hydrogen) atoms. The van der Waals surface area contributed by atoms with E-state index >= 15 is 0 Å². The summed E-state index contributed by atoms with van der Waals surface area (Å²) in [5.41, 5.74) is 4.99. The summed E-state index contributed by atoms with van der Waals surface area (Å²) in [4.78, 5) is 3.05. The van der Waals surface area contributed by atoms with Crippen LogP contribution in [0.1, 0.15) is 11.3 Å². The van der Waals surface area contributed by atoms with E-state index in [1.165, 1.54) is 0 Å². The molecule has 1 heteroatoms. The zero-order chi connectivity index (χ0) is 6.69. The van der Waals surface area contributed by atoms with Gasteiger partial charge in [0.05, 0.1) is 0 Å². The van der Waals surface area contributed by atoms with E-state index in [4.69, 9.17) is 0 Å². The van der Waals surface area contributed by atoms with E-state index in [0.29, 0.717) is 0 Å². The van der Waals surface area contributed by atoms with E-state index in [0.717, 1.165) is 11.3 Å². The number of hydrogen-bond donors (Lipinski definition) is 1. The van der Waals surface area contributed by atoms with Crippen molar-refractivity contribution < 1.29 is 0 Å². The molecule has 1 heterocycles. The van der Waals surface area contributed by atoms with Gasteiger partial charge in [-0.3, -0.25) is 0 Å². The first kappa shape index (κ1) is 5.93. The van der Waals surface area contributed by atoms with Gasteiger partial charge in [0, 0.05) is 11.9 Å². The van der Waals surface area contributed by atoms with E-state index in [9.17, 15) is 0 Å². The molecule has 46 valence electrons. The highest BCUT2D eigenvalue weighted by Gasteiger charge is 1.86. The Labute approximate surface area is 54.7 Å². The number of aromatic nitrogens is 1. The van der Waals surface area contributed by atoms with Crippen molar-refractivity contribution in [3.63, 3.8) is 0 Å². The number of aromatic amines is 1. The second-order valence-electron chi connectivity index (χ2n) is 1.96. The minimum Gasteiger partial charge on any atom is -0.365 e. The van der Waals surface area contributed by atoms with E-state index in [-0.39, 0.29) is 0 Å². The molecule has 0 aromatic carbocycles. The Hall–Kier alpha value is -1.20. The summed E-state index contributed by atoms with van der Waals surface area (Å²) in [7, 11) is 0. The Morgan fingerprint density at radius 1 is 1.78 bits per heavy atom. The quantitative estimate of drug-likeness (QED) is 0.545. The molecule has 0 saturated carbocycles. The molecule has 1 aromatic heterocycles. The van der Waals surface area contributed by atoms with Crippen LogP contribution >= 0.6 is 0 Å². The molecule has 0 amide bonds. The molecule has 0 unspecified atom stereocenters. The Balaban J connectivity index is 2.97. The highest BCUT2D eigenvalue weighted by atomic mass is 14.7. The van der Waals surface area contributed by atoms with Crippen LogP contribution in [0.5, 0.6) is 0 Å². The summed E-state index contributed by atoms with van der Waals surface area (Å²) in [6, 6.07) is 2.04. The fourth-order valence-electron chi connectivity index (χ4n) is 0.732. The van der Waals surface area contributed by atoms with Crippen LogP contribution in [-0.2, 0) is 0 Å². The number of rotatable bonds is 1. The Kier molecular flexibility index (Phi) is 1.57. The molecule has 1 rings (SSSR count). The largest absolute Gasteiger partial charge is 0.365 e. The maximum atomic E-state index is 3.47. The summed E-state index contributed by atoms with van der Waals surface area (Å²) >= 11 is 0. The monoisotopic (exact) mass is 119 g/mol. The van der Waals surface area contributed by atoms with Crippen molar-refractivity contribution in [2.45, 2.75) is 6.92 Å². The van der Waals surface area contributed by atoms with Crippen molar-refractivity contribution in [1.29, 1.82) is 0 Å². The van der Waals surface area contributed by atoms with Gasteiger partial charge < -0.3 is 4.98 Å². The minimum atomic E-state index is 1.13. The second kappa shape index (κ2) is 2.38. The Bertz CT molecular complexity index is 239. The third-order valence-corrected chi connectivity index (χ3v) is 1.12. The fraction of sp³-hybridized carbons (Fsp3) is 0.125. The van der Waals surface area contributed by atoms with Crippen molar-refractivity contribution in [3.05, 3.63) is 35.8 Å². The maximum Gasteiger partial charge on any atom is 0.0121 e. The zero-order valence-corrected chi connectivity index (χ0v) is 5.44. The first-order valence-electron chi connectivity index (χ1n) is 2.84. The van der Waals surface area contributed by atoms with Crippen molar-refractivity contribution in [2.75, 3.05) is 0 Å². The van der Waals surface area contributed by atoms with E-state index in [1.807, 2.05) is 25.3 Å². The lowest BCUT2D eigenvalue weighted by Crippen LogP contribution is -1.59. The van der Waals surface area contributed by atoms with Crippen LogP contribution in [0.15, 0.2) is 24.6 Å². The van der Waals surface area contributed by atoms with Crippen molar-refractivity contribution in [1.82, 2.24) is 4.98 Å². The fourth-order valence-corrected chi connectivity index (χ4v) is 0.732. The molecule has 0 atom stereocenters. The summed E-state index contributed by atoms with van der Waals surface area (Å²) in [5, 5.41) is 0. The van der Waals surface area contributed by atoms with E-state index < -0.39 is 0 Å². The van der Waals surface area contributed by atoms with Crippen molar-refractivity contribution in [3.8, 4) is 0 Å². The lowest BCUT2D eigenvalue weighted by molar-refractivity contribution is 1.27. The van der Waals surface area contributed by atoms with Crippen LogP contribution in [0.4, 0.5) is 0 Å². The molecule has 1 N–H and O–H groups in total. The Morgan fingerprint density at radius 3 is 3.00 bits per heavy atom. The van der Waals surface area contributed by atoms with Gasteiger partial charge in [0.15, 0.2) is 0 Å². The second-order valence-corrected chi connectivity index (χ2v) is 1.96. The van der Waals surface area contributed by atoms with Crippen LogP contribution in [0.2, 0.25) is 0 Å². The van der Waals surface area contributed by atoms with Crippen LogP contribution in [-0.4, -0.2) is 4.98 Å². The molecule has 0 aliphatic heterocycles. The van der Waals surface area contributed by atoms with Gasteiger partial charge in [-0.2, -0.15) is 0 Å². The average molecular weight is 119 g/mol. The molecule has 0 saturated heterocycles. The molecule has 0 spiro atoms. The van der Waals surface area contributed by atoms with Crippen molar-refractivity contribution in [2.24, 2.45) is 0 Å². The van der Waals surface area contributed by atoms with Gasteiger partial charge in [0.25, 0.3) is 0 Å². The lowest BCUT2D eigenvalue weighted by atomic mass is 10.3. The predicted octanol–water partition coefficient (Wildman–Crippen LogP) is 2.12. The van der Waals surface area contributed by atoms with Crippen LogP contribution in [0, 0.1) is 6.92 Å². The van der Waals surface area contributed by atoms with Crippen LogP contribution < -0.4 is 0 Å². The standard InChI is InChI=1S/C8H9N/c1-3-4-8-5-7(2)9-6-8/h4-6,9H,1H2,2H3. The number of hydrogen-bond acceptors (Lipinski definition) is 0. The molecule has 0 bridgehead atoms. The first-order chi connectivity index (χ1) is 4.33. The SMILES string of the molecule is C=C=Cc1c[nH]c(C)c1. The molecule has 0 aliphatic rings. The topological polar surface area (TPSA) is 15.8 Å². The third-order valence-electron chi connectivity index (χ3n) is 1.12. The van der Waals surface area contributed by atoms with Gasteiger partial charge in [0.2, 0.25) is 0 Å². The van der Waals surface area contributed by atoms with E-state index in [2.05, 4.69) is 17.3 Å². The maximum absolute atomic E-state index is 3.47. The van der Waals surface area contributed by atoms with Gasteiger partial charge in [-0.05, 0) is 24.6 Å². The summed E-state index contributed by atoms with van der Waals surface area (Å²) < 4.78 is 0. The van der Waals surface area contributed by atoms with Gasteiger partial charge in [-0.15, -0.1) is 5.73 Å². The van der Waals surface area contributed by atoms with Gasteiger partial charge >= 0.3 is 0 Å². The third kappa shape index (κ3) is 1.34. The molecular formula is C8H9N. The number of nitrogens with one attached hydrogen (secondary N) is 1. The zero-order valence-electron chi connectivity index (χ0n) is 5.44. The van der Waals surface area contributed by atoms with E-state index in [1.54, 1.807) is 0 Å². The number of H-pyrrole nitrogens is 1. The molecule has 0 aliphatic carbocycles. The molecule has 0 fully saturated rings. The van der Waals surface area contributed by atoms with Gasteiger partial charge in [-0.25, -0.2) is 0 Å². The summed E-state index contributed by atoms with van der Waals surface area (Å²) in [6.07, 6.45) is 3.76. The van der Waals surface area contributed by atoms with Gasteiger partial charge in [0.1, 0.15) is 0 Å². The summed E-state index contributed by atoms with van der Waals surface area (Å²) in [5.74, 6) is 0. The van der Waals surface area contributed by atoms with Gasteiger partial charge in [-0.1, -0.05) is 6.58 Å². The Morgan fingerprint density at radius 2 is 2.56 bits per heavy atom.